The van der Waals surface area contributed by atoms with Crippen LogP contribution in [0.5, 0.6) is 0 Å². The monoisotopic (exact) mass is 335 g/mol. The van der Waals surface area contributed by atoms with E-state index in [9.17, 15) is 0 Å². The molecule has 0 aliphatic heterocycles. The lowest BCUT2D eigenvalue weighted by Gasteiger charge is -2.57. The third-order valence-electron chi connectivity index (χ3n) is 6.08. The van der Waals surface area contributed by atoms with Crippen LogP contribution in [0.1, 0.15) is 33.6 Å². The second-order valence-electron chi connectivity index (χ2n) is 7.73. The van der Waals surface area contributed by atoms with Crippen LogP contribution in [-0.2, 0) is 0 Å². The molecule has 0 N–H and O–H groups in total. The summed E-state index contributed by atoms with van der Waals surface area (Å²) in [6.07, 6.45) is 7.36. The van der Waals surface area contributed by atoms with Gasteiger partial charge in [0, 0.05) is 12.7 Å². The third-order valence-corrected chi connectivity index (χ3v) is 6.08. The Labute approximate surface area is 147 Å². The molecule has 23 heavy (non-hydrogen) atoms. The number of pyridine rings is 1. The summed E-state index contributed by atoms with van der Waals surface area (Å²) in [6, 6.07) is 6.19. The van der Waals surface area contributed by atoms with Crippen molar-refractivity contribution in [2.75, 3.05) is 25.5 Å². The summed E-state index contributed by atoms with van der Waals surface area (Å²) < 4.78 is 0. The number of hydrogen-bond donors (Lipinski definition) is 0. The van der Waals surface area contributed by atoms with Gasteiger partial charge in [-0.3, -0.25) is 4.90 Å². The minimum atomic E-state index is 0. The van der Waals surface area contributed by atoms with Gasteiger partial charge in [-0.05, 0) is 63.2 Å². The Kier molecular flexibility index (Phi) is 5.42. The van der Waals surface area contributed by atoms with Crippen LogP contribution in [0.2, 0.25) is 0 Å². The van der Waals surface area contributed by atoms with Crippen LogP contribution in [-0.4, -0.2) is 36.7 Å². The lowest BCUT2D eigenvalue weighted by Crippen LogP contribution is -2.52. The lowest BCUT2D eigenvalue weighted by atomic mass is 9.49. The molecule has 0 saturated heterocycles. The van der Waals surface area contributed by atoms with Gasteiger partial charge >= 0.3 is 0 Å². The molecule has 2 bridgehead atoms. The maximum Gasteiger partial charge on any atom is 0.129 e. The number of nitrogens with zero attached hydrogens (tertiary/aromatic N) is 3. The largest absolute Gasteiger partial charge is 0.337 e. The van der Waals surface area contributed by atoms with Crippen LogP contribution in [0.4, 0.5) is 5.82 Å². The number of halogens is 1. The molecule has 0 spiro atoms. The summed E-state index contributed by atoms with van der Waals surface area (Å²) in [6.45, 7) is 8.14. The first-order valence-corrected chi connectivity index (χ1v) is 8.44. The second kappa shape index (κ2) is 6.82. The molecule has 3 aliphatic rings. The van der Waals surface area contributed by atoms with Crippen molar-refractivity contribution in [3.63, 3.8) is 0 Å². The highest BCUT2D eigenvalue weighted by Crippen LogP contribution is 2.59. The van der Waals surface area contributed by atoms with Gasteiger partial charge in [-0.25, -0.2) is 4.98 Å². The van der Waals surface area contributed by atoms with Crippen molar-refractivity contribution >= 4 is 18.2 Å². The predicted molar refractivity (Wildman–Crippen MR) is 100 cm³/mol. The quantitative estimate of drug-likeness (QED) is 0.593. The van der Waals surface area contributed by atoms with E-state index in [1.165, 1.54) is 12.8 Å². The molecule has 3 atom stereocenters. The van der Waals surface area contributed by atoms with Crippen molar-refractivity contribution in [2.24, 2.45) is 17.3 Å². The van der Waals surface area contributed by atoms with E-state index < -0.39 is 0 Å². The number of hydrogen-bond acceptors (Lipinski definition) is 3. The summed E-state index contributed by atoms with van der Waals surface area (Å²) in [7, 11) is 4.28. The maximum absolute atomic E-state index is 4.59. The van der Waals surface area contributed by atoms with E-state index in [0.29, 0.717) is 11.6 Å². The van der Waals surface area contributed by atoms with Crippen molar-refractivity contribution < 1.29 is 0 Å². The van der Waals surface area contributed by atoms with Gasteiger partial charge in [0.1, 0.15) is 5.82 Å². The zero-order chi connectivity index (χ0) is 15.9. The molecule has 3 unspecified atom stereocenters. The minimum absolute atomic E-state index is 0. The van der Waals surface area contributed by atoms with E-state index in [4.69, 9.17) is 0 Å². The molecule has 1 aromatic rings. The van der Waals surface area contributed by atoms with Crippen molar-refractivity contribution in [1.82, 2.24) is 9.88 Å². The zero-order valence-electron chi connectivity index (χ0n) is 15.0. The van der Waals surface area contributed by atoms with E-state index >= 15 is 0 Å². The van der Waals surface area contributed by atoms with Gasteiger partial charge in [0.25, 0.3) is 0 Å². The fraction of sp³-hybridized carbons (Fsp3) is 0.632. The van der Waals surface area contributed by atoms with Gasteiger partial charge in [-0.15, -0.1) is 12.4 Å². The first kappa shape index (κ1) is 18.3. The highest BCUT2D eigenvalue weighted by molar-refractivity contribution is 5.85. The topological polar surface area (TPSA) is 19.4 Å². The van der Waals surface area contributed by atoms with Crippen molar-refractivity contribution in [2.45, 2.75) is 39.8 Å². The Balaban J connectivity index is 0.00000192. The van der Waals surface area contributed by atoms with Crippen molar-refractivity contribution in [3.8, 4) is 0 Å². The molecule has 1 saturated carbocycles. The van der Waals surface area contributed by atoms with Crippen LogP contribution in [0.25, 0.3) is 0 Å². The van der Waals surface area contributed by atoms with Gasteiger partial charge in [-0.2, -0.15) is 0 Å². The van der Waals surface area contributed by atoms with E-state index in [-0.39, 0.29) is 12.4 Å². The standard InChI is InChI=1S/C19H29N3.ClH/c1-14(21(4)5)22(18-8-6-7-11-20-18)13-15-9-10-16-12-17(15)19(16,2)3;/h6-9,11,14,16-17H,10,12-13H2,1-5H3;1H. The van der Waals surface area contributed by atoms with Gasteiger partial charge in [0.15, 0.2) is 0 Å². The zero-order valence-corrected chi connectivity index (χ0v) is 15.8. The molecule has 1 heterocycles. The molecule has 1 aromatic heterocycles. The molecule has 0 radical (unpaired) electrons. The molecule has 1 fully saturated rings. The van der Waals surface area contributed by atoms with Gasteiger partial charge < -0.3 is 4.90 Å². The molecular formula is C19H30ClN3. The van der Waals surface area contributed by atoms with Crippen LogP contribution in [0.15, 0.2) is 36.0 Å². The minimum Gasteiger partial charge on any atom is -0.337 e. The molecular weight excluding hydrogens is 306 g/mol. The van der Waals surface area contributed by atoms with Crippen molar-refractivity contribution in [3.05, 3.63) is 36.0 Å². The first-order chi connectivity index (χ1) is 10.4. The number of aromatic nitrogens is 1. The fourth-order valence-corrected chi connectivity index (χ4v) is 4.06. The molecule has 4 heteroatoms. The Morgan fingerprint density at radius 2 is 2.04 bits per heavy atom. The van der Waals surface area contributed by atoms with Crippen LogP contribution < -0.4 is 4.90 Å². The average molecular weight is 336 g/mol. The predicted octanol–water partition coefficient (Wildman–Crippen LogP) is 4.21. The van der Waals surface area contributed by atoms with Gasteiger partial charge in [-0.1, -0.05) is 31.6 Å². The van der Waals surface area contributed by atoms with E-state index in [1.54, 1.807) is 5.57 Å². The summed E-state index contributed by atoms with van der Waals surface area (Å²) >= 11 is 0. The van der Waals surface area contributed by atoms with Crippen LogP contribution in [0.3, 0.4) is 0 Å². The molecule has 4 rings (SSSR count). The Morgan fingerprint density at radius 1 is 1.30 bits per heavy atom. The average Bonchev–Trinajstić information content (AvgIpc) is 2.52. The summed E-state index contributed by atoms with van der Waals surface area (Å²) in [4.78, 5) is 9.28. The molecule has 128 valence electrons. The van der Waals surface area contributed by atoms with Crippen molar-refractivity contribution in [1.29, 1.82) is 0 Å². The van der Waals surface area contributed by atoms with Gasteiger partial charge in [0.05, 0.1) is 6.17 Å². The van der Waals surface area contributed by atoms with Crippen LogP contribution in [0, 0.1) is 17.3 Å². The highest BCUT2D eigenvalue weighted by atomic mass is 35.5. The Bertz CT molecular complexity index is 553. The number of fused-ring (bicyclic) bond motifs is 1. The van der Waals surface area contributed by atoms with E-state index in [2.05, 4.69) is 67.9 Å². The second-order valence-corrected chi connectivity index (χ2v) is 7.73. The smallest absolute Gasteiger partial charge is 0.129 e. The molecule has 3 aliphatic carbocycles. The first-order valence-electron chi connectivity index (χ1n) is 8.44. The Morgan fingerprint density at radius 3 is 2.57 bits per heavy atom. The SMILES string of the molecule is CC(N(C)C)N(CC1=CCC2CC1C2(C)C)c1ccccn1.Cl. The van der Waals surface area contributed by atoms with Crippen LogP contribution >= 0.6 is 12.4 Å². The summed E-state index contributed by atoms with van der Waals surface area (Å²) in [5.41, 5.74) is 2.10. The maximum atomic E-state index is 4.59. The summed E-state index contributed by atoms with van der Waals surface area (Å²) in [5.74, 6) is 2.73. The molecule has 0 aromatic carbocycles. The summed E-state index contributed by atoms with van der Waals surface area (Å²) in [5, 5.41) is 0. The number of allylic oxidation sites excluding steroid dienone is 1. The number of anilines is 1. The van der Waals surface area contributed by atoms with Gasteiger partial charge in [0.2, 0.25) is 0 Å². The third kappa shape index (κ3) is 3.27. The fourth-order valence-electron chi connectivity index (χ4n) is 4.06. The Hall–Kier alpha value is -1.06. The normalized spacial score (nSPS) is 25.9. The highest BCUT2D eigenvalue weighted by Gasteiger charge is 2.51. The lowest BCUT2D eigenvalue weighted by molar-refractivity contribution is -0.00715. The van der Waals surface area contributed by atoms with E-state index in [0.717, 1.165) is 24.2 Å². The number of rotatable bonds is 5. The molecule has 0 amide bonds. The van der Waals surface area contributed by atoms with E-state index in [1.807, 2.05) is 12.3 Å². The molecule has 3 nitrogen and oxygen atoms in total.